The number of hydrogen-bond acceptors (Lipinski definition) is 4. The van der Waals surface area contributed by atoms with Crippen LogP contribution in [0.15, 0.2) is 52.1 Å². The molecule has 2 heterocycles. The Morgan fingerprint density at radius 2 is 1.90 bits per heavy atom. The van der Waals surface area contributed by atoms with Crippen molar-refractivity contribution in [2.24, 2.45) is 0 Å². The molecule has 0 radical (unpaired) electrons. The Hall–Kier alpha value is -3.10. The number of hydrogen-bond donors (Lipinski definition) is 1. The highest BCUT2D eigenvalue weighted by atomic mass is 35.5. The first-order chi connectivity index (χ1) is 14.9. The minimum absolute atomic E-state index is 0.186. The van der Waals surface area contributed by atoms with Gasteiger partial charge in [-0.1, -0.05) is 48.3 Å². The van der Waals surface area contributed by atoms with Crippen LogP contribution in [0.2, 0.25) is 10.0 Å². The number of carbonyl (C=O) groups is 1. The predicted molar refractivity (Wildman–Crippen MR) is 120 cm³/mol. The summed E-state index contributed by atoms with van der Waals surface area (Å²) in [6.45, 7) is 2.23. The van der Waals surface area contributed by atoms with E-state index in [9.17, 15) is 14.4 Å². The van der Waals surface area contributed by atoms with E-state index in [1.54, 1.807) is 30.3 Å². The van der Waals surface area contributed by atoms with Crippen molar-refractivity contribution >= 4 is 45.8 Å². The maximum atomic E-state index is 13.1. The molecule has 0 saturated heterocycles. The average Bonchev–Trinajstić information content (AvgIpc) is 3.06. The zero-order valence-electron chi connectivity index (χ0n) is 16.6. The summed E-state index contributed by atoms with van der Waals surface area (Å²) in [6, 6.07) is 11.9. The predicted octanol–water partition coefficient (Wildman–Crippen LogP) is 2.84. The van der Waals surface area contributed by atoms with E-state index >= 15 is 0 Å². The van der Waals surface area contributed by atoms with Crippen molar-refractivity contribution in [2.45, 2.75) is 33.0 Å². The summed E-state index contributed by atoms with van der Waals surface area (Å²) in [5, 5.41) is 8.28. The second kappa shape index (κ2) is 8.56. The monoisotopic (exact) mass is 459 g/mol. The molecule has 0 aliphatic heterocycles. The largest absolute Gasteiger partial charge is 0.352 e. The lowest BCUT2D eigenvalue weighted by Crippen LogP contribution is -2.32. The van der Waals surface area contributed by atoms with Crippen molar-refractivity contribution in [3.63, 3.8) is 0 Å². The van der Waals surface area contributed by atoms with E-state index in [-0.39, 0.29) is 24.4 Å². The van der Waals surface area contributed by atoms with Crippen molar-refractivity contribution in [2.75, 3.05) is 0 Å². The molecule has 2 aromatic carbocycles. The molecule has 31 heavy (non-hydrogen) atoms. The molecule has 0 aliphatic rings. The molecule has 0 saturated carbocycles. The normalized spacial score (nSPS) is 11.3. The Balaban J connectivity index is 1.73. The van der Waals surface area contributed by atoms with Crippen LogP contribution in [0.4, 0.5) is 0 Å². The summed E-state index contributed by atoms with van der Waals surface area (Å²) in [6.07, 6.45) is 0.668. The third kappa shape index (κ3) is 3.96. The number of carbonyl (C=O) groups excluding carboxylic acids is 1. The fourth-order valence-corrected chi connectivity index (χ4v) is 3.82. The number of amides is 1. The van der Waals surface area contributed by atoms with E-state index in [1.165, 1.54) is 15.0 Å². The number of aryl methyl sites for hydroxylation is 1. The quantitative estimate of drug-likeness (QED) is 0.479. The van der Waals surface area contributed by atoms with Gasteiger partial charge in [-0.25, -0.2) is 13.9 Å². The van der Waals surface area contributed by atoms with Crippen molar-refractivity contribution in [3.05, 3.63) is 78.9 Å². The van der Waals surface area contributed by atoms with Gasteiger partial charge < -0.3 is 5.32 Å². The molecule has 160 valence electrons. The summed E-state index contributed by atoms with van der Waals surface area (Å²) < 4.78 is 3.82. The molecule has 0 unspecified atom stereocenters. The van der Waals surface area contributed by atoms with Gasteiger partial charge in [0, 0.05) is 23.1 Å². The summed E-state index contributed by atoms with van der Waals surface area (Å²) >= 11 is 12.2. The molecule has 1 N–H and O–H groups in total. The smallest absolute Gasteiger partial charge is 0.350 e. The number of aromatic nitrogens is 4. The van der Waals surface area contributed by atoms with Crippen LogP contribution in [0, 0.1) is 0 Å². The van der Waals surface area contributed by atoms with E-state index in [0.29, 0.717) is 33.9 Å². The van der Waals surface area contributed by atoms with Crippen LogP contribution < -0.4 is 16.6 Å². The lowest BCUT2D eigenvalue weighted by atomic mass is 10.2. The molecule has 0 aliphatic carbocycles. The molecule has 0 bridgehead atoms. The van der Waals surface area contributed by atoms with Crippen LogP contribution >= 0.6 is 23.2 Å². The third-order valence-electron chi connectivity index (χ3n) is 4.91. The number of rotatable bonds is 6. The van der Waals surface area contributed by atoms with Crippen molar-refractivity contribution in [3.8, 4) is 0 Å². The number of fused-ring (bicyclic) bond motifs is 3. The van der Waals surface area contributed by atoms with Gasteiger partial charge in [0.2, 0.25) is 11.7 Å². The van der Waals surface area contributed by atoms with Gasteiger partial charge in [0.05, 0.1) is 10.9 Å². The fourth-order valence-electron chi connectivity index (χ4n) is 3.45. The summed E-state index contributed by atoms with van der Waals surface area (Å²) in [4.78, 5) is 38.5. The lowest BCUT2D eigenvalue weighted by molar-refractivity contribution is -0.122. The summed E-state index contributed by atoms with van der Waals surface area (Å²) in [5.41, 5.74) is 0.358. The van der Waals surface area contributed by atoms with Crippen LogP contribution in [-0.4, -0.2) is 24.7 Å². The maximum absolute atomic E-state index is 13.1. The number of benzene rings is 2. The van der Waals surface area contributed by atoms with Crippen molar-refractivity contribution < 1.29 is 4.79 Å². The molecule has 0 atom stereocenters. The first kappa shape index (κ1) is 21.1. The Bertz CT molecular complexity index is 1420. The van der Waals surface area contributed by atoms with Crippen LogP contribution in [-0.2, 0) is 24.4 Å². The molecule has 10 heteroatoms. The van der Waals surface area contributed by atoms with Gasteiger partial charge in [-0.3, -0.25) is 14.2 Å². The first-order valence-corrected chi connectivity index (χ1v) is 10.5. The van der Waals surface area contributed by atoms with Crippen molar-refractivity contribution in [1.29, 1.82) is 0 Å². The highest BCUT2D eigenvalue weighted by Gasteiger charge is 2.18. The Labute approximate surface area is 186 Å². The fraction of sp³-hybridized carbons (Fsp3) is 0.238. The van der Waals surface area contributed by atoms with E-state index in [2.05, 4.69) is 10.4 Å². The Kier molecular flexibility index (Phi) is 5.84. The Morgan fingerprint density at radius 1 is 1.13 bits per heavy atom. The van der Waals surface area contributed by atoms with E-state index < -0.39 is 11.6 Å². The molecule has 4 aromatic rings. The van der Waals surface area contributed by atoms with Gasteiger partial charge in [-0.05, 0) is 36.2 Å². The van der Waals surface area contributed by atoms with Crippen LogP contribution in [0.1, 0.15) is 18.9 Å². The number of nitrogens with zero attached hydrogens (tertiary/aromatic N) is 4. The van der Waals surface area contributed by atoms with E-state index in [0.717, 1.165) is 10.2 Å². The minimum atomic E-state index is -0.514. The second-order valence-corrected chi connectivity index (χ2v) is 7.91. The highest BCUT2D eigenvalue weighted by Crippen LogP contribution is 2.17. The van der Waals surface area contributed by atoms with Crippen LogP contribution in [0.5, 0.6) is 0 Å². The molecule has 4 rings (SSSR count). The third-order valence-corrected chi connectivity index (χ3v) is 5.52. The van der Waals surface area contributed by atoms with E-state index in [4.69, 9.17) is 23.2 Å². The highest BCUT2D eigenvalue weighted by molar-refractivity contribution is 6.31. The van der Waals surface area contributed by atoms with Gasteiger partial charge in [0.15, 0.2) is 0 Å². The zero-order valence-corrected chi connectivity index (χ0v) is 18.2. The Morgan fingerprint density at radius 3 is 2.65 bits per heavy atom. The van der Waals surface area contributed by atoms with Gasteiger partial charge >= 0.3 is 5.69 Å². The average molecular weight is 460 g/mol. The summed E-state index contributed by atoms with van der Waals surface area (Å²) in [5.74, 6) is -0.215. The molecular weight excluding hydrogens is 441 g/mol. The van der Waals surface area contributed by atoms with Gasteiger partial charge in [0.25, 0.3) is 5.56 Å². The first-order valence-electron chi connectivity index (χ1n) is 9.72. The van der Waals surface area contributed by atoms with E-state index in [1.807, 2.05) is 13.0 Å². The maximum Gasteiger partial charge on any atom is 0.352 e. The molecule has 8 nitrogen and oxygen atoms in total. The lowest BCUT2D eigenvalue weighted by Gasteiger charge is -2.08. The van der Waals surface area contributed by atoms with Crippen molar-refractivity contribution in [1.82, 2.24) is 24.1 Å². The SMILES string of the molecule is CCCn1c(=O)c2cc(Cl)ccc2n2c(=O)n(CC(=O)NCc3ccccc3Cl)nc12. The zero-order chi connectivity index (χ0) is 22.1. The minimum Gasteiger partial charge on any atom is -0.350 e. The summed E-state index contributed by atoms with van der Waals surface area (Å²) in [7, 11) is 0. The molecular formula is C21H19Cl2N5O3. The van der Waals surface area contributed by atoms with Gasteiger partial charge in [-0.2, -0.15) is 0 Å². The van der Waals surface area contributed by atoms with Gasteiger partial charge in [-0.15, -0.1) is 5.10 Å². The molecule has 2 aromatic heterocycles. The second-order valence-electron chi connectivity index (χ2n) is 7.06. The molecule has 1 amide bonds. The molecule has 0 fully saturated rings. The number of nitrogens with one attached hydrogen (secondary N) is 1. The number of halogens is 2. The topological polar surface area (TPSA) is 90.4 Å². The van der Waals surface area contributed by atoms with Crippen LogP contribution in [0.25, 0.3) is 16.7 Å². The molecule has 0 spiro atoms. The standard InChI is InChI=1S/C21H19Cl2N5O3/c1-2-9-26-19(30)15-10-14(22)7-8-17(15)28-20(26)25-27(21(28)31)12-18(29)24-11-13-5-3-4-6-16(13)23/h3-8,10H,2,9,11-12H2,1H3,(H,24,29). The van der Waals surface area contributed by atoms with Gasteiger partial charge in [0.1, 0.15) is 6.54 Å². The van der Waals surface area contributed by atoms with Crippen LogP contribution in [0.3, 0.4) is 0 Å².